The number of nitrogens with zero attached hydrogens (tertiary/aromatic N) is 3. The molecule has 0 aliphatic carbocycles. The lowest BCUT2D eigenvalue weighted by Crippen LogP contribution is -2.56. The largest absolute Gasteiger partial charge is 0.489 e. The van der Waals surface area contributed by atoms with Gasteiger partial charge in [-0.1, -0.05) is 77.8 Å². The SMILES string of the molecule is CCN(C(C)=O)c1nc(S(=O)(=O)N2Cc3cc4c(cc3CC2C(=O)N[C@@H](Cc2ccc(-c3ccc(F)cc3)cc2)C(=O)OC)OC[C@H](c2ccc(OCc3ccc(Cl)c(Cl)c3)cc2)O4)c(C)s1. The average molecular weight is 988 g/mol. The molecule has 0 spiro atoms. The molecule has 0 bridgehead atoms. The summed E-state index contributed by atoms with van der Waals surface area (Å²) in [5.74, 6) is -0.693. The first kappa shape index (κ1) is 47.5. The zero-order valence-corrected chi connectivity index (χ0v) is 39.9. The summed E-state index contributed by atoms with van der Waals surface area (Å²) < 4.78 is 68.1. The Kier molecular flexibility index (Phi) is 14.2. The molecule has 8 rings (SSSR count). The van der Waals surface area contributed by atoms with Gasteiger partial charge in [-0.15, -0.1) is 11.3 Å². The van der Waals surface area contributed by atoms with Crippen molar-refractivity contribution >= 4 is 67.5 Å². The Hall–Kier alpha value is -6.04. The van der Waals surface area contributed by atoms with Gasteiger partial charge >= 0.3 is 5.97 Å². The van der Waals surface area contributed by atoms with Crippen LogP contribution in [0.25, 0.3) is 11.1 Å². The van der Waals surface area contributed by atoms with Gasteiger partial charge in [0.1, 0.15) is 36.9 Å². The summed E-state index contributed by atoms with van der Waals surface area (Å²) in [5.41, 5.74) is 5.19. The Morgan fingerprint density at radius 1 is 0.925 bits per heavy atom. The van der Waals surface area contributed by atoms with Crippen molar-refractivity contribution in [2.45, 2.75) is 70.0 Å². The van der Waals surface area contributed by atoms with Crippen LogP contribution >= 0.6 is 34.5 Å². The van der Waals surface area contributed by atoms with E-state index in [2.05, 4.69) is 10.3 Å². The number of nitrogens with one attached hydrogen (secondary N) is 1. The minimum Gasteiger partial charge on any atom is -0.489 e. The number of hydrogen-bond acceptors (Lipinski definition) is 11. The first-order valence-corrected chi connectivity index (χ1v) is 24.3. The van der Waals surface area contributed by atoms with Crippen LogP contribution in [0.3, 0.4) is 0 Å². The number of amides is 2. The summed E-state index contributed by atoms with van der Waals surface area (Å²) in [6, 6.07) is 26.9. The molecule has 0 fully saturated rings. The number of benzene rings is 5. The number of carbonyl (C=O) groups is 3. The van der Waals surface area contributed by atoms with Crippen molar-refractivity contribution in [1.29, 1.82) is 0 Å². The summed E-state index contributed by atoms with van der Waals surface area (Å²) >= 11 is 13.3. The fraction of sp³-hybridized carbons (Fsp3) is 0.265. The van der Waals surface area contributed by atoms with Crippen molar-refractivity contribution < 1.29 is 46.1 Å². The van der Waals surface area contributed by atoms with Gasteiger partial charge in [-0.3, -0.25) is 14.5 Å². The molecule has 348 valence electrons. The van der Waals surface area contributed by atoms with Crippen LogP contribution in [0, 0.1) is 12.7 Å². The molecule has 67 heavy (non-hydrogen) atoms. The Morgan fingerprint density at radius 3 is 2.25 bits per heavy atom. The number of rotatable bonds is 14. The fourth-order valence-electron chi connectivity index (χ4n) is 7.98. The van der Waals surface area contributed by atoms with Crippen molar-refractivity contribution in [3.05, 3.63) is 152 Å². The number of esters is 1. The van der Waals surface area contributed by atoms with Gasteiger partial charge < -0.3 is 24.3 Å². The maximum absolute atomic E-state index is 14.9. The second kappa shape index (κ2) is 20.1. The molecule has 1 N–H and O–H groups in total. The van der Waals surface area contributed by atoms with Crippen LogP contribution < -0.4 is 24.4 Å². The minimum atomic E-state index is -4.54. The summed E-state index contributed by atoms with van der Waals surface area (Å²) in [6.07, 6.45) is -0.571. The molecule has 13 nitrogen and oxygen atoms in total. The number of ether oxygens (including phenoxy) is 4. The number of methoxy groups -OCH3 is 1. The number of sulfonamides is 1. The first-order valence-electron chi connectivity index (χ1n) is 21.2. The number of halogens is 3. The molecule has 2 aliphatic rings. The Labute approximate surface area is 401 Å². The summed E-state index contributed by atoms with van der Waals surface area (Å²) in [7, 11) is -3.33. The van der Waals surface area contributed by atoms with E-state index in [-0.39, 0.29) is 61.0 Å². The number of aryl methyl sites for hydroxylation is 1. The van der Waals surface area contributed by atoms with Crippen LogP contribution in [-0.4, -0.2) is 67.8 Å². The van der Waals surface area contributed by atoms with E-state index >= 15 is 0 Å². The lowest BCUT2D eigenvalue weighted by atomic mass is 9.94. The van der Waals surface area contributed by atoms with Gasteiger partial charge in [-0.05, 0) is 108 Å². The van der Waals surface area contributed by atoms with E-state index in [4.69, 9.17) is 42.1 Å². The van der Waals surface area contributed by atoms with Crippen LogP contribution in [-0.2, 0) is 55.1 Å². The van der Waals surface area contributed by atoms with E-state index in [1.54, 1.807) is 62.4 Å². The predicted molar refractivity (Wildman–Crippen MR) is 253 cm³/mol. The van der Waals surface area contributed by atoms with Crippen LogP contribution in [0.1, 0.15) is 52.6 Å². The number of aromatic nitrogens is 1. The smallest absolute Gasteiger partial charge is 0.328 e. The molecule has 2 aliphatic heterocycles. The number of fused-ring (bicyclic) bond motifs is 2. The molecule has 3 heterocycles. The van der Waals surface area contributed by atoms with Gasteiger partial charge in [0.25, 0.3) is 10.0 Å². The number of carbonyl (C=O) groups excluding carboxylic acids is 3. The van der Waals surface area contributed by atoms with Crippen LogP contribution in [0.15, 0.2) is 108 Å². The van der Waals surface area contributed by atoms with E-state index in [1.807, 2.05) is 42.5 Å². The molecule has 6 aromatic rings. The van der Waals surface area contributed by atoms with Crippen molar-refractivity contribution in [1.82, 2.24) is 14.6 Å². The molecule has 0 saturated heterocycles. The Morgan fingerprint density at radius 2 is 1.60 bits per heavy atom. The van der Waals surface area contributed by atoms with Gasteiger partial charge in [0, 0.05) is 31.3 Å². The molecule has 18 heteroatoms. The molecule has 0 saturated carbocycles. The van der Waals surface area contributed by atoms with Gasteiger partial charge in [-0.2, -0.15) is 4.31 Å². The van der Waals surface area contributed by atoms with Gasteiger partial charge in [0.15, 0.2) is 27.8 Å². The Balaban J connectivity index is 1.05. The highest BCUT2D eigenvalue weighted by Gasteiger charge is 2.44. The molecule has 3 atom stereocenters. The standard InChI is InChI=1S/C49H45Cl2FN4O9S2/c1-5-55(29(3)57)49-54-47(28(2)66-49)67(60,61)56-25-36-24-44-43(64-27-45(65-44)34-13-17-38(18-14-34)63-26-31-8-19-39(50)40(51)20-31)23-35(36)22-42(56)46(58)53-41(48(59)62-4)21-30-6-9-32(10-7-30)33-11-15-37(52)16-12-33/h6-20,23-24,41-42,45H,5,21-22,25-27H2,1-4H3,(H,53,58)/t41-,42?,45+/m0/s1. The summed E-state index contributed by atoms with van der Waals surface area (Å²) in [5, 5.41) is 3.61. The second-order valence-electron chi connectivity index (χ2n) is 16.0. The van der Waals surface area contributed by atoms with Gasteiger partial charge in [-0.25, -0.2) is 22.6 Å². The normalized spacial score (nSPS) is 16.1. The van der Waals surface area contributed by atoms with E-state index in [0.29, 0.717) is 48.9 Å². The van der Waals surface area contributed by atoms with E-state index in [0.717, 1.165) is 37.9 Å². The lowest BCUT2D eigenvalue weighted by Gasteiger charge is -2.36. The molecular formula is C49H45Cl2FN4O9S2. The maximum Gasteiger partial charge on any atom is 0.328 e. The quantitative estimate of drug-likeness (QED) is 0.105. The summed E-state index contributed by atoms with van der Waals surface area (Å²) in [4.78, 5) is 46.5. The van der Waals surface area contributed by atoms with E-state index in [9.17, 15) is 27.2 Å². The number of hydrogen-bond donors (Lipinski definition) is 1. The molecule has 2 amide bonds. The lowest BCUT2D eigenvalue weighted by molar-refractivity contribution is -0.145. The average Bonchev–Trinajstić information content (AvgIpc) is 3.72. The minimum absolute atomic E-state index is 0.0267. The van der Waals surface area contributed by atoms with E-state index < -0.39 is 40.1 Å². The zero-order valence-electron chi connectivity index (χ0n) is 36.8. The van der Waals surface area contributed by atoms with Crippen LogP contribution in [0.2, 0.25) is 10.0 Å². The molecule has 1 aromatic heterocycles. The van der Waals surface area contributed by atoms with Crippen LogP contribution in [0.5, 0.6) is 17.2 Å². The van der Waals surface area contributed by atoms with Crippen molar-refractivity contribution in [3.8, 4) is 28.4 Å². The van der Waals surface area contributed by atoms with Gasteiger partial charge in [0.05, 0.1) is 17.2 Å². The highest BCUT2D eigenvalue weighted by molar-refractivity contribution is 7.89. The van der Waals surface area contributed by atoms with Crippen molar-refractivity contribution in [2.75, 3.05) is 25.2 Å². The highest BCUT2D eigenvalue weighted by Crippen LogP contribution is 2.42. The Bertz CT molecular complexity index is 2940. The maximum atomic E-state index is 14.9. The van der Waals surface area contributed by atoms with Gasteiger partial charge in [0.2, 0.25) is 11.8 Å². The number of thiazole rings is 1. The van der Waals surface area contributed by atoms with E-state index in [1.165, 1.54) is 31.1 Å². The van der Waals surface area contributed by atoms with Crippen LogP contribution in [0.4, 0.5) is 9.52 Å². The molecule has 0 radical (unpaired) electrons. The fourth-order valence-corrected chi connectivity index (χ4v) is 11.3. The first-order chi connectivity index (χ1) is 32.1. The highest BCUT2D eigenvalue weighted by atomic mass is 35.5. The third-order valence-corrected chi connectivity index (χ3v) is 15.3. The summed E-state index contributed by atoms with van der Waals surface area (Å²) in [6.45, 7) is 5.19. The topological polar surface area (TPSA) is 154 Å². The van der Waals surface area contributed by atoms with Crippen molar-refractivity contribution in [3.63, 3.8) is 0 Å². The monoisotopic (exact) mass is 986 g/mol. The third kappa shape index (κ3) is 10.4. The zero-order chi connectivity index (χ0) is 47.6. The second-order valence-corrected chi connectivity index (χ2v) is 19.8. The number of anilines is 1. The predicted octanol–water partition coefficient (Wildman–Crippen LogP) is 9.04. The third-order valence-electron chi connectivity index (χ3n) is 11.6. The molecular weight excluding hydrogens is 943 g/mol. The molecule has 5 aromatic carbocycles. The molecule has 1 unspecified atom stereocenters. The van der Waals surface area contributed by atoms with Crippen molar-refractivity contribution in [2.24, 2.45) is 0 Å².